The number of hydrogen-bond donors (Lipinski definition) is 1. The molecule has 1 unspecified atom stereocenters. The van der Waals surface area contributed by atoms with Crippen LogP contribution in [0, 0.1) is 6.92 Å². The predicted octanol–water partition coefficient (Wildman–Crippen LogP) is 4.77. The molecular formula is C15H25NS2. The van der Waals surface area contributed by atoms with Gasteiger partial charge in [0.25, 0.3) is 0 Å². The molecule has 1 N–H and O–H groups in total. The van der Waals surface area contributed by atoms with Crippen LogP contribution in [0.5, 0.6) is 0 Å². The summed E-state index contributed by atoms with van der Waals surface area (Å²) in [6.45, 7) is 5.64. The Hall–Kier alpha value is 0.01000. The van der Waals surface area contributed by atoms with E-state index in [9.17, 15) is 0 Å². The highest BCUT2D eigenvalue weighted by Gasteiger charge is 2.31. The largest absolute Gasteiger partial charge is 0.308 e. The van der Waals surface area contributed by atoms with Crippen molar-refractivity contribution < 1.29 is 0 Å². The number of thiophene rings is 1. The van der Waals surface area contributed by atoms with Crippen LogP contribution in [0.15, 0.2) is 12.1 Å². The molecule has 0 amide bonds. The van der Waals surface area contributed by atoms with E-state index in [1.54, 1.807) is 0 Å². The first-order valence-electron chi connectivity index (χ1n) is 7.00. The minimum atomic E-state index is 0.495. The summed E-state index contributed by atoms with van der Waals surface area (Å²) >= 11 is 4.00. The van der Waals surface area contributed by atoms with Crippen molar-refractivity contribution in [3.8, 4) is 0 Å². The minimum absolute atomic E-state index is 0.495. The molecule has 0 radical (unpaired) electrons. The van der Waals surface area contributed by atoms with Gasteiger partial charge in [0.2, 0.25) is 0 Å². The number of thioether (sulfide) groups is 1. The van der Waals surface area contributed by atoms with Crippen LogP contribution in [-0.2, 0) is 0 Å². The van der Waals surface area contributed by atoms with Gasteiger partial charge in [-0.3, -0.25) is 0 Å². The van der Waals surface area contributed by atoms with E-state index in [0.717, 1.165) is 6.54 Å². The molecule has 1 atom stereocenters. The van der Waals surface area contributed by atoms with Gasteiger partial charge in [-0.2, -0.15) is 11.8 Å². The Bertz CT molecular complexity index is 366. The molecule has 0 saturated heterocycles. The van der Waals surface area contributed by atoms with Crippen molar-refractivity contribution in [2.75, 3.05) is 12.8 Å². The maximum Gasteiger partial charge on any atom is 0.0386 e. The van der Waals surface area contributed by atoms with Crippen molar-refractivity contribution in [3.05, 3.63) is 21.9 Å². The third kappa shape index (κ3) is 3.52. The molecule has 0 bridgehead atoms. The molecule has 1 nitrogen and oxygen atoms in total. The van der Waals surface area contributed by atoms with Gasteiger partial charge < -0.3 is 5.32 Å². The summed E-state index contributed by atoms with van der Waals surface area (Å²) in [5.41, 5.74) is 0. The van der Waals surface area contributed by atoms with Crippen LogP contribution < -0.4 is 5.32 Å². The second kappa shape index (κ2) is 6.44. The maximum absolute atomic E-state index is 3.76. The fourth-order valence-electron chi connectivity index (χ4n) is 2.78. The van der Waals surface area contributed by atoms with Gasteiger partial charge in [0.15, 0.2) is 0 Å². The summed E-state index contributed by atoms with van der Waals surface area (Å²) < 4.78 is 0.499. The number of hydrogen-bond acceptors (Lipinski definition) is 3. The van der Waals surface area contributed by atoms with E-state index in [-0.39, 0.29) is 0 Å². The van der Waals surface area contributed by atoms with Gasteiger partial charge >= 0.3 is 0 Å². The summed E-state index contributed by atoms with van der Waals surface area (Å²) in [6.07, 6.45) is 9.31. The molecule has 102 valence electrons. The molecule has 0 spiro atoms. The molecule has 18 heavy (non-hydrogen) atoms. The van der Waals surface area contributed by atoms with Crippen molar-refractivity contribution >= 4 is 23.1 Å². The Labute approximate surface area is 120 Å². The molecule has 1 aliphatic carbocycles. The van der Waals surface area contributed by atoms with Crippen LogP contribution >= 0.6 is 23.1 Å². The molecular weight excluding hydrogens is 258 g/mol. The first-order valence-corrected chi connectivity index (χ1v) is 9.04. The molecule has 0 aromatic carbocycles. The van der Waals surface area contributed by atoms with Gasteiger partial charge in [-0.15, -0.1) is 11.3 Å². The highest BCUT2D eigenvalue weighted by molar-refractivity contribution is 8.00. The van der Waals surface area contributed by atoms with E-state index in [1.165, 1.54) is 41.9 Å². The molecule has 1 saturated carbocycles. The summed E-state index contributed by atoms with van der Waals surface area (Å²) in [7, 11) is 0. The van der Waals surface area contributed by atoms with E-state index >= 15 is 0 Å². The predicted molar refractivity (Wildman–Crippen MR) is 84.8 cm³/mol. The topological polar surface area (TPSA) is 12.0 Å². The fraction of sp³-hybridized carbons (Fsp3) is 0.733. The average molecular weight is 284 g/mol. The Balaban J connectivity index is 1.89. The maximum atomic E-state index is 3.76. The Morgan fingerprint density at radius 3 is 2.61 bits per heavy atom. The second-order valence-corrected chi connectivity index (χ2v) is 8.09. The summed E-state index contributed by atoms with van der Waals surface area (Å²) in [5.74, 6) is 0. The number of rotatable bonds is 5. The van der Waals surface area contributed by atoms with Gasteiger partial charge in [-0.25, -0.2) is 0 Å². The Morgan fingerprint density at radius 1 is 1.33 bits per heavy atom. The third-order valence-electron chi connectivity index (χ3n) is 4.12. The lowest BCUT2D eigenvalue weighted by Crippen LogP contribution is -2.40. The summed E-state index contributed by atoms with van der Waals surface area (Å²) in [4.78, 5) is 2.88. The lowest BCUT2D eigenvalue weighted by molar-refractivity contribution is 0.368. The molecule has 1 heterocycles. The number of nitrogens with one attached hydrogen (secondary N) is 1. The van der Waals surface area contributed by atoms with Crippen LogP contribution in [-0.4, -0.2) is 17.5 Å². The molecule has 0 aliphatic heterocycles. The van der Waals surface area contributed by atoms with Crippen LogP contribution in [0.2, 0.25) is 0 Å². The quantitative estimate of drug-likeness (QED) is 0.835. The lowest BCUT2D eigenvalue weighted by Gasteiger charge is -2.36. The zero-order chi connectivity index (χ0) is 13.0. The minimum Gasteiger partial charge on any atom is -0.308 e. The molecule has 1 aromatic rings. The van der Waals surface area contributed by atoms with Crippen molar-refractivity contribution in [2.24, 2.45) is 0 Å². The lowest BCUT2D eigenvalue weighted by atomic mass is 9.88. The van der Waals surface area contributed by atoms with Crippen molar-refractivity contribution in [3.63, 3.8) is 0 Å². The molecule has 1 fully saturated rings. The van der Waals surface area contributed by atoms with E-state index in [4.69, 9.17) is 0 Å². The zero-order valence-corrected chi connectivity index (χ0v) is 13.4. The first-order chi connectivity index (χ1) is 8.65. The zero-order valence-electron chi connectivity index (χ0n) is 11.8. The fourth-order valence-corrected chi connectivity index (χ4v) is 4.60. The average Bonchev–Trinajstić information content (AvgIpc) is 2.84. The van der Waals surface area contributed by atoms with Crippen LogP contribution in [0.4, 0.5) is 0 Å². The summed E-state index contributed by atoms with van der Waals surface area (Å²) in [6, 6.07) is 4.99. The monoisotopic (exact) mass is 283 g/mol. The van der Waals surface area contributed by atoms with Gasteiger partial charge in [0, 0.05) is 27.1 Å². The van der Waals surface area contributed by atoms with Gasteiger partial charge in [-0.1, -0.05) is 19.3 Å². The molecule has 1 aromatic heterocycles. The van der Waals surface area contributed by atoms with Gasteiger partial charge in [0.05, 0.1) is 0 Å². The number of aryl methyl sites for hydroxylation is 1. The van der Waals surface area contributed by atoms with E-state index < -0.39 is 0 Å². The standard InChI is InChI=1S/C15H25NS2/c1-12-7-8-14(18-12)13(2)16-11-15(17-3)9-5-4-6-10-15/h7-8,13,16H,4-6,9-11H2,1-3H3. The molecule has 2 rings (SSSR count). The normalized spacial score (nSPS) is 20.8. The van der Waals surface area contributed by atoms with Crippen molar-refractivity contribution in [1.82, 2.24) is 5.32 Å². The smallest absolute Gasteiger partial charge is 0.0386 e. The van der Waals surface area contributed by atoms with Crippen molar-refractivity contribution in [1.29, 1.82) is 0 Å². The highest BCUT2D eigenvalue weighted by atomic mass is 32.2. The van der Waals surface area contributed by atoms with Gasteiger partial charge in [0.1, 0.15) is 0 Å². The van der Waals surface area contributed by atoms with E-state index in [2.05, 4.69) is 49.3 Å². The van der Waals surface area contributed by atoms with Crippen LogP contribution in [0.1, 0.15) is 54.8 Å². The SMILES string of the molecule is CSC1(CNC(C)c2ccc(C)s2)CCCCC1. The second-order valence-electron chi connectivity index (χ2n) is 5.50. The first kappa shape index (κ1) is 14.4. The van der Waals surface area contributed by atoms with Crippen LogP contribution in [0.3, 0.4) is 0 Å². The van der Waals surface area contributed by atoms with Crippen LogP contribution in [0.25, 0.3) is 0 Å². The Morgan fingerprint density at radius 2 is 2.06 bits per heavy atom. The van der Waals surface area contributed by atoms with E-state index in [1.807, 2.05) is 11.3 Å². The molecule has 3 heteroatoms. The summed E-state index contributed by atoms with van der Waals surface area (Å²) in [5, 5.41) is 3.76. The van der Waals surface area contributed by atoms with Crippen molar-refractivity contribution in [2.45, 2.75) is 56.7 Å². The molecule has 1 aliphatic rings. The van der Waals surface area contributed by atoms with E-state index in [0.29, 0.717) is 10.8 Å². The van der Waals surface area contributed by atoms with Gasteiger partial charge in [-0.05, 0) is 45.1 Å². The highest BCUT2D eigenvalue weighted by Crippen LogP contribution is 2.38. The third-order valence-corrected chi connectivity index (χ3v) is 6.72. The Kier molecular flexibility index (Phi) is 5.16.